The van der Waals surface area contributed by atoms with Gasteiger partial charge < -0.3 is 26.2 Å². The second-order valence-electron chi connectivity index (χ2n) is 9.96. The molecule has 186 valence electrons. The maximum atomic E-state index is 13.7. The first-order valence-electron chi connectivity index (χ1n) is 12.2. The molecule has 9 heteroatoms. The molecule has 1 unspecified atom stereocenters. The maximum Gasteiger partial charge on any atom is 0.318 e. The van der Waals surface area contributed by atoms with E-state index in [0.29, 0.717) is 23.5 Å². The predicted molar refractivity (Wildman–Crippen MR) is 128 cm³/mol. The zero-order chi connectivity index (χ0) is 23.8. The Labute approximate surface area is 220 Å². The van der Waals surface area contributed by atoms with Crippen molar-refractivity contribution in [1.82, 2.24) is 15.0 Å². The minimum Gasteiger partial charge on any atom is -1.00 e. The number of halogens is 1. The largest absolute Gasteiger partial charge is 1.00 e. The van der Waals surface area contributed by atoms with Gasteiger partial charge in [0.25, 0.3) is 5.91 Å². The summed E-state index contributed by atoms with van der Waals surface area (Å²) >= 11 is 0. The summed E-state index contributed by atoms with van der Waals surface area (Å²) < 4.78 is 6.91. The van der Waals surface area contributed by atoms with Gasteiger partial charge in [0.15, 0.2) is 12.6 Å². The van der Waals surface area contributed by atoms with Crippen LogP contribution >= 0.6 is 0 Å². The molecule has 3 saturated heterocycles. The van der Waals surface area contributed by atoms with Crippen LogP contribution in [-0.2, 0) is 20.7 Å². The SMILES string of the molecule is O=C(C[N+]12CCC(CC1)C(OC(=O)C1c3ccccc3Cc3ccccc31)C2)Nc1ncncn1.[Br-]. The number of anilines is 1. The lowest BCUT2D eigenvalue weighted by Crippen LogP contribution is -3.00. The van der Waals surface area contributed by atoms with E-state index in [0.717, 1.165) is 43.5 Å². The Bertz CT molecular complexity index is 1220. The highest BCUT2D eigenvalue weighted by atomic mass is 79.9. The highest BCUT2D eigenvalue weighted by Crippen LogP contribution is 2.40. The third kappa shape index (κ3) is 4.65. The monoisotopic (exact) mass is 549 g/mol. The summed E-state index contributed by atoms with van der Waals surface area (Å²) in [5.74, 6) is -0.118. The second kappa shape index (κ2) is 10.1. The van der Waals surface area contributed by atoms with Gasteiger partial charge in [0.1, 0.15) is 25.1 Å². The van der Waals surface area contributed by atoms with Crippen molar-refractivity contribution in [3.8, 4) is 0 Å². The van der Waals surface area contributed by atoms with Gasteiger partial charge in [-0.3, -0.25) is 14.9 Å². The number of rotatable bonds is 5. The standard InChI is InChI=1S/C27H27N5O3.BrH/c33-24(31-27-29-16-28-17-30-27)15-32-11-9-18(10-12-32)23(14-32)35-26(34)25-21-7-3-1-5-19(21)13-20-6-2-4-8-22(20)25;/h1-8,16-18,23,25H,9-15H2;1H. The first kappa shape index (κ1) is 24.5. The second-order valence-corrected chi connectivity index (χ2v) is 9.96. The molecular formula is C27H28BrN5O3. The maximum absolute atomic E-state index is 13.7. The van der Waals surface area contributed by atoms with E-state index >= 15 is 0 Å². The minimum atomic E-state index is -0.410. The smallest absolute Gasteiger partial charge is 0.318 e. The van der Waals surface area contributed by atoms with Crippen LogP contribution in [0.2, 0.25) is 0 Å². The molecule has 1 atom stereocenters. The summed E-state index contributed by atoms with van der Waals surface area (Å²) in [7, 11) is 0. The normalized spacial score (nSPS) is 24.1. The van der Waals surface area contributed by atoms with E-state index in [4.69, 9.17) is 4.74 Å². The van der Waals surface area contributed by atoms with E-state index in [1.807, 2.05) is 36.4 Å². The molecule has 8 nitrogen and oxygen atoms in total. The van der Waals surface area contributed by atoms with E-state index in [2.05, 4.69) is 32.4 Å². The van der Waals surface area contributed by atoms with Gasteiger partial charge in [-0.15, -0.1) is 0 Å². The topological polar surface area (TPSA) is 94.1 Å². The number of hydrogen-bond acceptors (Lipinski definition) is 6. The number of benzene rings is 2. The number of hydrogen-bond donors (Lipinski definition) is 1. The van der Waals surface area contributed by atoms with Gasteiger partial charge >= 0.3 is 5.97 Å². The molecule has 4 aliphatic rings. The number of carbonyl (C=O) groups excluding carboxylic acids is 2. The first-order chi connectivity index (χ1) is 17.1. The van der Waals surface area contributed by atoms with Gasteiger partial charge in [-0.2, -0.15) is 0 Å². The zero-order valence-corrected chi connectivity index (χ0v) is 21.4. The van der Waals surface area contributed by atoms with Crippen LogP contribution in [0.4, 0.5) is 5.95 Å². The summed E-state index contributed by atoms with van der Waals surface area (Å²) in [6.45, 7) is 2.81. The van der Waals surface area contributed by atoms with Crippen LogP contribution in [0.15, 0.2) is 61.2 Å². The number of carbonyl (C=O) groups is 2. The average Bonchev–Trinajstić information content (AvgIpc) is 2.88. The molecule has 2 aromatic carbocycles. The van der Waals surface area contributed by atoms with Gasteiger partial charge in [0.05, 0.1) is 13.1 Å². The molecule has 0 spiro atoms. The van der Waals surface area contributed by atoms with Crippen molar-refractivity contribution in [2.75, 3.05) is 31.5 Å². The quantitative estimate of drug-likeness (QED) is 0.347. The molecule has 0 radical (unpaired) electrons. The van der Waals surface area contributed by atoms with Gasteiger partial charge in [-0.25, -0.2) is 15.0 Å². The first-order valence-corrected chi connectivity index (χ1v) is 12.2. The molecule has 1 aliphatic carbocycles. The van der Waals surface area contributed by atoms with E-state index in [1.165, 1.54) is 23.8 Å². The van der Waals surface area contributed by atoms with Crippen LogP contribution in [0.1, 0.15) is 41.0 Å². The molecule has 1 amide bonds. The number of quaternary nitrogens is 1. The van der Waals surface area contributed by atoms with Crippen molar-refractivity contribution < 1.29 is 35.8 Å². The Balaban J connectivity index is 0.00000267. The highest BCUT2D eigenvalue weighted by Gasteiger charge is 2.49. The van der Waals surface area contributed by atoms with Gasteiger partial charge in [-0.05, 0) is 28.7 Å². The number of nitrogens with one attached hydrogen (secondary N) is 1. The summed E-state index contributed by atoms with van der Waals surface area (Å²) in [6, 6.07) is 16.3. The van der Waals surface area contributed by atoms with Crippen LogP contribution in [0.5, 0.6) is 0 Å². The van der Waals surface area contributed by atoms with Crippen LogP contribution in [0, 0.1) is 5.92 Å². The number of esters is 1. The summed E-state index contributed by atoms with van der Waals surface area (Å²) in [5, 5.41) is 2.77. The number of ether oxygens (including phenoxy) is 1. The van der Waals surface area contributed by atoms with E-state index in [9.17, 15) is 9.59 Å². The molecule has 36 heavy (non-hydrogen) atoms. The number of piperidine rings is 3. The molecule has 3 fully saturated rings. The Morgan fingerprint density at radius 2 is 1.56 bits per heavy atom. The third-order valence-electron chi connectivity index (χ3n) is 7.88. The van der Waals surface area contributed by atoms with Crippen molar-refractivity contribution in [3.63, 3.8) is 0 Å². The molecule has 3 aliphatic heterocycles. The van der Waals surface area contributed by atoms with Crippen LogP contribution in [0.3, 0.4) is 0 Å². The summed E-state index contributed by atoms with van der Waals surface area (Å²) in [4.78, 5) is 38.2. The van der Waals surface area contributed by atoms with Crippen LogP contribution in [0.25, 0.3) is 0 Å². The lowest BCUT2D eigenvalue weighted by molar-refractivity contribution is -0.938. The van der Waals surface area contributed by atoms with E-state index in [1.54, 1.807) is 0 Å². The summed E-state index contributed by atoms with van der Waals surface area (Å²) in [5.41, 5.74) is 4.44. The molecule has 7 rings (SSSR count). The Hall–Kier alpha value is -3.17. The minimum absolute atomic E-state index is 0. The molecule has 1 aromatic heterocycles. The molecule has 4 heterocycles. The lowest BCUT2D eigenvalue weighted by atomic mass is 9.78. The van der Waals surface area contributed by atoms with Crippen molar-refractivity contribution in [1.29, 1.82) is 0 Å². The number of fused-ring (bicyclic) bond motifs is 5. The molecule has 2 bridgehead atoms. The van der Waals surface area contributed by atoms with Gasteiger partial charge in [0, 0.05) is 18.8 Å². The van der Waals surface area contributed by atoms with Crippen molar-refractivity contribution in [2.45, 2.75) is 31.3 Å². The van der Waals surface area contributed by atoms with Crippen LogP contribution in [-0.4, -0.2) is 63.6 Å². The van der Waals surface area contributed by atoms with E-state index in [-0.39, 0.29) is 40.9 Å². The van der Waals surface area contributed by atoms with E-state index < -0.39 is 5.92 Å². The molecule has 1 N–H and O–H groups in total. The van der Waals surface area contributed by atoms with Gasteiger partial charge in [0.2, 0.25) is 5.95 Å². The Kier molecular flexibility index (Phi) is 6.85. The van der Waals surface area contributed by atoms with Crippen molar-refractivity contribution >= 4 is 17.8 Å². The fourth-order valence-corrected chi connectivity index (χ4v) is 6.15. The average molecular weight is 550 g/mol. The number of aromatic nitrogens is 3. The molecular weight excluding hydrogens is 522 g/mol. The number of nitrogens with zero attached hydrogens (tertiary/aromatic N) is 4. The fraction of sp³-hybridized carbons (Fsp3) is 0.370. The third-order valence-corrected chi connectivity index (χ3v) is 7.88. The lowest BCUT2D eigenvalue weighted by Gasteiger charge is -2.51. The van der Waals surface area contributed by atoms with Crippen molar-refractivity contribution in [2.24, 2.45) is 5.92 Å². The zero-order valence-electron chi connectivity index (χ0n) is 19.8. The summed E-state index contributed by atoms with van der Waals surface area (Å²) in [6.07, 6.45) is 5.27. The Morgan fingerprint density at radius 3 is 2.19 bits per heavy atom. The van der Waals surface area contributed by atoms with Crippen molar-refractivity contribution in [3.05, 3.63) is 83.4 Å². The fourth-order valence-electron chi connectivity index (χ4n) is 6.15. The number of amides is 1. The Morgan fingerprint density at radius 1 is 0.944 bits per heavy atom. The highest BCUT2D eigenvalue weighted by molar-refractivity contribution is 5.89. The predicted octanol–water partition coefficient (Wildman–Crippen LogP) is -0.297. The van der Waals surface area contributed by atoms with Gasteiger partial charge in [-0.1, -0.05) is 48.5 Å². The molecule has 3 aromatic rings. The molecule has 0 saturated carbocycles. The van der Waals surface area contributed by atoms with Crippen LogP contribution < -0.4 is 22.3 Å².